The fourth-order valence-corrected chi connectivity index (χ4v) is 4.36. The van der Waals surface area contributed by atoms with Gasteiger partial charge in [0.05, 0.1) is 22.0 Å². The van der Waals surface area contributed by atoms with Crippen molar-refractivity contribution < 1.29 is 9.53 Å². The number of amides is 1. The molecular formula is C17H16Cl2N2O2S2. The highest BCUT2D eigenvalue weighted by Gasteiger charge is 2.26. The van der Waals surface area contributed by atoms with E-state index >= 15 is 0 Å². The normalized spacial score (nSPS) is 11.7. The van der Waals surface area contributed by atoms with Crippen LogP contribution in [0.3, 0.4) is 0 Å². The van der Waals surface area contributed by atoms with Gasteiger partial charge in [-0.15, -0.1) is 22.7 Å². The lowest BCUT2D eigenvalue weighted by molar-refractivity contribution is 0.0578. The number of rotatable bonds is 3. The molecule has 1 amide bonds. The van der Waals surface area contributed by atoms with Crippen molar-refractivity contribution in [1.82, 2.24) is 4.98 Å². The third kappa shape index (κ3) is 4.26. The van der Waals surface area contributed by atoms with Gasteiger partial charge in [0.25, 0.3) is 0 Å². The van der Waals surface area contributed by atoms with E-state index in [9.17, 15) is 4.79 Å². The van der Waals surface area contributed by atoms with Gasteiger partial charge in [-0.3, -0.25) is 4.90 Å². The summed E-state index contributed by atoms with van der Waals surface area (Å²) in [4.78, 5) is 19.8. The highest BCUT2D eigenvalue weighted by Crippen LogP contribution is 2.38. The highest BCUT2D eigenvalue weighted by atomic mass is 35.5. The summed E-state index contributed by atoms with van der Waals surface area (Å²) < 4.78 is 6.40. The molecule has 4 nitrogen and oxygen atoms in total. The van der Waals surface area contributed by atoms with Gasteiger partial charge in [0, 0.05) is 16.3 Å². The number of hydrogen-bond donors (Lipinski definition) is 0. The van der Waals surface area contributed by atoms with Crippen molar-refractivity contribution >= 4 is 67.9 Å². The number of aromatic nitrogens is 1. The molecule has 3 heterocycles. The summed E-state index contributed by atoms with van der Waals surface area (Å²) in [6.07, 6.45) is -0.436. The van der Waals surface area contributed by atoms with Crippen LogP contribution in [-0.4, -0.2) is 16.7 Å². The van der Waals surface area contributed by atoms with Gasteiger partial charge in [-0.25, -0.2) is 9.78 Å². The first-order valence-corrected chi connectivity index (χ1v) is 10.0. The van der Waals surface area contributed by atoms with Crippen molar-refractivity contribution in [2.24, 2.45) is 0 Å². The van der Waals surface area contributed by atoms with Crippen LogP contribution in [0.1, 0.15) is 25.6 Å². The molecule has 25 heavy (non-hydrogen) atoms. The predicted molar refractivity (Wildman–Crippen MR) is 106 cm³/mol. The number of nitrogens with zero attached hydrogens (tertiary/aromatic N) is 2. The van der Waals surface area contributed by atoms with E-state index < -0.39 is 11.7 Å². The molecule has 0 saturated heterocycles. The molecule has 0 aromatic carbocycles. The number of pyridine rings is 1. The van der Waals surface area contributed by atoms with Gasteiger partial charge >= 0.3 is 6.09 Å². The Morgan fingerprint density at radius 3 is 2.72 bits per heavy atom. The molecule has 0 aliphatic carbocycles. The van der Waals surface area contributed by atoms with E-state index in [1.54, 1.807) is 27.7 Å². The standard InChI is InChI=1S/C17H16Cl2N2O2S2/c1-17(2,3)23-16(22)21(8-10-5-4-6-24-10)12-7-13(19)20-14-11(18)9-25-15(12)14/h4-7,9H,8H2,1-3H3. The molecule has 8 heteroatoms. The summed E-state index contributed by atoms with van der Waals surface area (Å²) >= 11 is 15.4. The Bertz CT molecular complexity index is 901. The van der Waals surface area contributed by atoms with Crippen LogP contribution in [0.4, 0.5) is 10.5 Å². The van der Waals surface area contributed by atoms with Crippen LogP contribution >= 0.6 is 45.9 Å². The van der Waals surface area contributed by atoms with Gasteiger partial charge in [0.2, 0.25) is 0 Å². The van der Waals surface area contributed by atoms with Crippen molar-refractivity contribution in [2.45, 2.75) is 32.9 Å². The molecule has 0 aliphatic heterocycles. The van der Waals surface area contributed by atoms with E-state index in [0.29, 0.717) is 22.8 Å². The largest absolute Gasteiger partial charge is 0.443 e. The Balaban J connectivity index is 2.09. The zero-order valence-corrected chi connectivity index (χ0v) is 17.0. The molecule has 0 saturated carbocycles. The number of carbonyl (C=O) groups is 1. The average Bonchev–Trinajstić information content (AvgIpc) is 3.13. The van der Waals surface area contributed by atoms with Crippen molar-refractivity contribution in [3.05, 3.63) is 44.0 Å². The van der Waals surface area contributed by atoms with Gasteiger partial charge in [-0.2, -0.15) is 0 Å². The Hall–Kier alpha value is -1.34. The molecule has 0 bridgehead atoms. The fourth-order valence-electron chi connectivity index (χ4n) is 2.26. The maximum atomic E-state index is 12.9. The monoisotopic (exact) mass is 414 g/mol. The zero-order valence-electron chi connectivity index (χ0n) is 13.9. The maximum Gasteiger partial charge on any atom is 0.415 e. The molecule has 0 aliphatic rings. The van der Waals surface area contributed by atoms with Crippen LogP contribution in [0.15, 0.2) is 29.0 Å². The van der Waals surface area contributed by atoms with Crippen molar-refractivity contribution in [3.8, 4) is 0 Å². The van der Waals surface area contributed by atoms with E-state index in [-0.39, 0.29) is 5.15 Å². The molecule has 0 unspecified atom stereocenters. The molecule has 0 N–H and O–H groups in total. The number of ether oxygens (including phenoxy) is 1. The second kappa shape index (κ2) is 7.11. The average molecular weight is 415 g/mol. The van der Waals surface area contributed by atoms with Gasteiger partial charge in [0.1, 0.15) is 16.3 Å². The lowest BCUT2D eigenvalue weighted by Crippen LogP contribution is -2.36. The Morgan fingerprint density at radius 1 is 1.32 bits per heavy atom. The molecule has 0 radical (unpaired) electrons. The Morgan fingerprint density at radius 2 is 2.08 bits per heavy atom. The first-order chi connectivity index (χ1) is 11.7. The van der Waals surface area contributed by atoms with Crippen molar-refractivity contribution in [3.63, 3.8) is 0 Å². The van der Waals surface area contributed by atoms with E-state index in [2.05, 4.69) is 4.98 Å². The Kier molecular flexibility index (Phi) is 5.25. The molecule has 0 atom stereocenters. The van der Waals surface area contributed by atoms with Crippen molar-refractivity contribution in [2.75, 3.05) is 4.90 Å². The van der Waals surface area contributed by atoms with Crippen LogP contribution in [0.2, 0.25) is 10.2 Å². The zero-order chi connectivity index (χ0) is 18.2. The van der Waals surface area contributed by atoms with E-state index in [1.807, 2.05) is 38.3 Å². The molecule has 3 aromatic rings. The molecule has 0 spiro atoms. The summed E-state index contributed by atoms with van der Waals surface area (Å²) in [6, 6.07) is 5.60. The number of hydrogen-bond acceptors (Lipinski definition) is 5. The fraction of sp³-hybridized carbons (Fsp3) is 0.294. The maximum absolute atomic E-state index is 12.9. The predicted octanol–water partition coefficient (Wildman–Crippen LogP) is 6.61. The first kappa shape index (κ1) is 18.5. The quantitative estimate of drug-likeness (QED) is 0.452. The van der Waals surface area contributed by atoms with Crippen LogP contribution in [0.25, 0.3) is 10.2 Å². The second-order valence-electron chi connectivity index (χ2n) is 6.37. The molecule has 3 rings (SSSR count). The third-order valence-corrected chi connectivity index (χ3v) is 5.69. The Labute approximate surface area is 164 Å². The SMILES string of the molecule is CC(C)(C)OC(=O)N(Cc1cccs1)c1cc(Cl)nc2c(Cl)csc12. The van der Waals surface area contributed by atoms with Crippen LogP contribution in [0.5, 0.6) is 0 Å². The number of carbonyl (C=O) groups excluding carboxylic acids is 1. The molecular weight excluding hydrogens is 399 g/mol. The van der Waals surface area contributed by atoms with E-state index in [4.69, 9.17) is 27.9 Å². The minimum atomic E-state index is -0.603. The van der Waals surface area contributed by atoms with Gasteiger partial charge in [0.15, 0.2) is 0 Å². The summed E-state index contributed by atoms with van der Waals surface area (Å²) in [7, 11) is 0. The lowest BCUT2D eigenvalue weighted by Gasteiger charge is -2.27. The molecule has 0 fully saturated rings. The van der Waals surface area contributed by atoms with Gasteiger partial charge < -0.3 is 4.74 Å². The summed E-state index contributed by atoms with van der Waals surface area (Å²) in [5.74, 6) is 0. The van der Waals surface area contributed by atoms with Gasteiger partial charge in [-0.1, -0.05) is 29.3 Å². The minimum absolute atomic E-state index is 0.280. The lowest BCUT2D eigenvalue weighted by atomic mass is 10.2. The number of thiophene rings is 2. The third-order valence-electron chi connectivity index (χ3n) is 3.23. The minimum Gasteiger partial charge on any atom is -0.443 e. The number of fused-ring (bicyclic) bond motifs is 1. The van der Waals surface area contributed by atoms with Crippen LogP contribution in [-0.2, 0) is 11.3 Å². The first-order valence-electron chi connectivity index (χ1n) is 7.51. The van der Waals surface area contributed by atoms with E-state index in [1.165, 1.54) is 11.3 Å². The second-order valence-corrected chi connectivity index (χ2v) is 9.08. The molecule has 3 aromatic heterocycles. The van der Waals surface area contributed by atoms with Crippen LogP contribution in [0, 0.1) is 0 Å². The highest BCUT2D eigenvalue weighted by molar-refractivity contribution is 7.18. The number of halogens is 2. The topological polar surface area (TPSA) is 42.4 Å². The smallest absolute Gasteiger partial charge is 0.415 e. The number of anilines is 1. The molecule has 132 valence electrons. The van der Waals surface area contributed by atoms with E-state index in [0.717, 1.165) is 9.58 Å². The summed E-state index contributed by atoms with van der Waals surface area (Å²) in [5.41, 5.74) is 0.636. The van der Waals surface area contributed by atoms with Crippen LogP contribution < -0.4 is 4.90 Å². The summed E-state index contributed by atoms with van der Waals surface area (Å²) in [5, 5.41) is 4.56. The van der Waals surface area contributed by atoms with Gasteiger partial charge in [-0.05, 0) is 32.2 Å². The van der Waals surface area contributed by atoms with Crippen molar-refractivity contribution in [1.29, 1.82) is 0 Å². The summed E-state index contributed by atoms with van der Waals surface area (Å²) in [6.45, 7) is 5.90.